The number of benzene rings is 2. The first-order chi connectivity index (χ1) is 19.0. The number of ether oxygens (including phenoxy) is 2. The summed E-state index contributed by atoms with van der Waals surface area (Å²) in [7, 11) is 1.20. The summed E-state index contributed by atoms with van der Waals surface area (Å²) in [5, 5.41) is 5.56. The molecule has 1 unspecified atom stereocenters. The molecule has 2 amide bonds. The van der Waals surface area contributed by atoms with Crippen LogP contribution in [-0.2, 0) is 19.1 Å². The Hall–Kier alpha value is -3.35. The Bertz CT molecular complexity index is 962. The number of hydrogen-bond donors (Lipinski definition) is 2. The highest BCUT2D eigenvalue weighted by Crippen LogP contribution is 2.17. The SMILES string of the molecule is CCCCCCCCCCCCCCCC(=O)Nc1ccc(NC(=O)C(Oc2ccccc2)C(=O)OC)cc1. The molecule has 0 saturated heterocycles. The maximum Gasteiger partial charge on any atom is 0.357 e. The first-order valence-electron chi connectivity index (χ1n) is 14.5. The summed E-state index contributed by atoms with van der Waals surface area (Å²) in [5.74, 6) is -1.08. The summed E-state index contributed by atoms with van der Waals surface area (Å²) in [4.78, 5) is 37.1. The molecule has 39 heavy (non-hydrogen) atoms. The second kappa shape index (κ2) is 19.7. The number of esters is 1. The molecule has 0 saturated carbocycles. The summed E-state index contributed by atoms with van der Waals surface area (Å²) in [5.41, 5.74) is 1.12. The fourth-order valence-electron chi connectivity index (χ4n) is 4.32. The van der Waals surface area contributed by atoms with Gasteiger partial charge >= 0.3 is 5.97 Å². The molecule has 0 aromatic heterocycles. The number of para-hydroxylation sites is 1. The van der Waals surface area contributed by atoms with Crippen molar-refractivity contribution in [1.82, 2.24) is 0 Å². The number of amides is 2. The lowest BCUT2D eigenvalue weighted by Crippen LogP contribution is -2.40. The van der Waals surface area contributed by atoms with Crippen molar-refractivity contribution in [3.8, 4) is 5.75 Å². The largest absolute Gasteiger partial charge is 0.469 e. The molecule has 0 fully saturated rings. The lowest BCUT2D eigenvalue weighted by Gasteiger charge is -2.17. The molecule has 2 N–H and O–H groups in total. The van der Waals surface area contributed by atoms with E-state index in [2.05, 4.69) is 17.6 Å². The van der Waals surface area contributed by atoms with Gasteiger partial charge < -0.3 is 20.1 Å². The third-order valence-electron chi connectivity index (χ3n) is 6.59. The van der Waals surface area contributed by atoms with Crippen molar-refractivity contribution in [2.24, 2.45) is 0 Å². The van der Waals surface area contributed by atoms with Gasteiger partial charge in [0, 0.05) is 17.8 Å². The molecule has 0 aliphatic heterocycles. The number of rotatable bonds is 20. The number of carbonyl (C=O) groups is 3. The topological polar surface area (TPSA) is 93.7 Å². The zero-order chi connectivity index (χ0) is 28.1. The van der Waals surface area contributed by atoms with Gasteiger partial charge in [-0.25, -0.2) is 4.79 Å². The third-order valence-corrected chi connectivity index (χ3v) is 6.59. The molecule has 0 radical (unpaired) electrons. The van der Waals surface area contributed by atoms with Crippen molar-refractivity contribution in [2.75, 3.05) is 17.7 Å². The minimum Gasteiger partial charge on any atom is -0.469 e. The second-order valence-corrected chi connectivity index (χ2v) is 9.94. The molecule has 0 heterocycles. The van der Waals surface area contributed by atoms with Crippen LogP contribution >= 0.6 is 0 Å². The minimum absolute atomic E-state index is 0.0168. The number of anilines is 2. The van der Waals surface area contributed by atoms with Crippen molar-refractivity contribution < 1.29 is 23.9 Å². The van der Waals surface area contributed by atoms with E-state index in [1.807, 2.05) is 0 Å². The zero-order valence-corrected chi connectivity index (χ0v) is 23.7. The van der Waals surface area contributed by atoms with Gasteiger partial charge in [0.1, 0.15) is 5.75 Å². The Balaban J connectivity index is 1.61. The van der Waals surface area contributed by atoms with E-state index in [9.17, 15) is 14.4 Å². The predicted octanol–water partition coefficient (Wildman–Crippen LogP) is 7.67. The van der Waals surface area contributed by atoms with Crippen LogP contribution in [-0.4, -0.2) is 31.0 Å². The Labute approximate surface area is 234 Å². The van der Waals surface area contributed by atoms with Gasteiger partial charge in [-0.2, -0.15) is 0 Å². The van der Waals surface area contributed by atoms with Crippen molar-refractivity contribution in [2.45, 2.75) is 103 Å². The van der Waals surface area contributed by atoms with Crippen LogP contribution in [0.25, 0.3) is 0 Å². The monoisotopic (exact) mass is 538 g/mol. The lowest BCUT2D eigenvalue weighted by atomic mass is 10.0. The Morgan fingerprint density at radius 2 is 1.15 bits per heavy atom. The van der Waals surface area contributed by atoms with E-state index in [4.69, 9.17) is 9.47 Å². The van der Waals surface area contributed by atoms with Gasteiger partial charge in [-0.3, -0.25) is 9.59 Å². The molecular formula is C32H46N2O5. The number of carbonyl (C=O) groups excluding carboxylic acids is 3. The molecular weight excluding hydrogens is 492 g/mol. The Morgan fingerprint density at radius 1 is 0.667 bits per heavy atom. The summed E-state index contributed by atoms with van der Waals surface area (Å²) in [6.45, 7) is 2.26. The van der Waals surface area contributed by atoms with Crippen LogP contribution in [0.3, 0.4) is 0 Å². The molecule has 2 aromatic carbocycles. The van der Waals surface area contributed by atoms with Gasteiger partial charge in [-0.15, -0.1) is 0 Å². The molecule has 2 rings (SSSR count). The van der Waals surface area contributed by atoms with Crippen LogP contribution in [0.15, 0.2) is 54.6 Å². The molecule has 0 spiro atoms. The minimum atomic E-state index is -1.45. The summed E-state index contributed by atoms with van der Waals surface area (Å²) >= 11 is 0. The molecule has 2 aromatic rings. The van der Waals surface area contributed by atoms with E-state index in [1.54, 1.807) is 54.6 Å². The lowest BCUT2D eigenvalue weighted by molar-refractivity contribution is -0.152. The van der Waals surface area contributed by atoms with Gasteiger partial charge in [0.15, 0.2) is 0 Å². The standard InChI is InChI=1S/C32H46N2O5/c1-3-4-5-6-7-8-9-10-11-12-13-14-18-21-29(35)33-26-22-24-27(25-23-26)34-31(36)30(32(37)38-2)39-28-19-16-15-17-20-28/h15-17,19-20,22-25,30H,3-14,18,21H2,1-2H3,(H,33,35)(H,34,36). The van der Waals surface area contributed by atoms with Gasteiger partial charge in [0.05, 0.1) is 7.11 Å². The molecule has 214 valence electrons. The highest BCUT2D eigenvalue weighted by molar-refractivity contribution is 6.07. The fraction of sp³-hybridized carbons (Fsp3) is 0.531. The molecule has 1 atom stereocenters. The Morgan fingerprint density at radius 3 is 1.67 bits per heavy atom. The normalized spacial score (nSPS) is 11.4. The van der Waals surface area contributed by atoms with Crippen LogP contribution in [0, 0.1) is 0 Å². The maximum atomic E-state index is 12.7. The average molecular weight is 539 g/mol. The Kier molecular flexibility index (Phi) is 16.1. The second-order valence-electron chi connectivity index (χ2n) is 9.94. The van der Waals surface area contributed by atoms with Crippen molar-refractivity contribution >= 4 is 29.2 Å². The van der Waals surface area contributed by atoms with Crippen LogP contribution in [0.4, 0.5) is 11.4 Å². The van der Waals surface area contributed by atoms with E-state index in [0.29, 0.717) is 23.5 Å². The maximum absolute atomic E-state index is 12.7. The smallest absolute Gasteiger partial charge is 0.357 e. The predicted molar refractivity (Wildman–Crippen MR) is 157 cm³/mol. The highest BCUT2D eigenvalue weighted by Gasteiger charge is 2.30. The molecule has 0 aliphatic carbocycles. The zero-order valence-electron chi connectivity index (χ0n) is 23.7. The van der Waals surface area contributed by atoms with E-state index in [1.165, 1.54) is 77.7 Å². The quantitative estimate of drug-likeness (QED) is 0.102. The van der Waals surface area contributed by atoms with Gasteiger partial charge in [0.25, 0.3) is 12.0 Å². The van der Waals surface area contributed by atoms with Crippen LogP contribution in [0.5, 0.6) is 5.75 Å². The first kappa shape index (κ1) is 31.9. The molecule has 0 bridgehead atoms. The van der Waals surface area contributed by atoms with E-state index in [-0.39, 0.29) is 5.91 Å². The molecule has 7 heteroatoms. The van der Waals surface area contributed by atoms with Crippen molar-refractivity contribution in [1.29, 1.82) is 0 Å². The molecule has 0 aliphatic rings. The third kappa shape index (κ3) is 13.8. The van der Waals surface area contributed by atoms with E-state index in [0.717, 1.165) is 12.8 Å². The van der Waals surface area contributed by atoms with Gasteiger partial charge in [-0.05, 0) is 42.8 Å². The summed E-state index contributed by atoms with van der Waals surface area (Å²) in [6.07, 6.45) is 15.6. The van der Waals surface area contributed by atoms with Gasteiger partial charge in [-0.1, -0.05) is 102 Å². The first-order valence-corrected chi connectivity index (χ1v) is 14.5. The van der Waals surface area contributed by atoms with E-state index >= 15 is 0 Å². The van der Waals surface area contributed by atoms with Crippen LogP contribution < -0.4 is 15.4 Å². The number of nitrogens with one attached hydrogen (secondary N) is 2. The number of unbranched alkanes of at least 4 members (excludes halogenated alkanes) is 12. The summed E-state index contributed by atoms with van der Waals surface area (Å²) in [6, 6.07) is 15.3. The van der Waals surface area contributed by atoms with Crippen molar-refractivity contribution in [3.63, 3.8) is 0 Å². The number of methoxy groups -OCH3 is 1. The summed E-state index contributed by atoms with van der Waals surface area (Å²) < 4.78 is 10.3. The van der Waals surface area contributed by atoms with Crippen molar-refractivity contribution in [3.05, 3.63) is 54.6 Å². The van der Waals surface area contributed by atoms with Crippen LogP contribution in [0.2, 0.25) is 0 Å². The van der Waals surface area contributed by atoms with E-state index < -0.39 is 18.0 Å². The fourth-order valence-corrected chi connectivity index (χ4v) is 4.32. The number of hydrogen-bond acceptors (Lipinski definition) is 5. The highest BCUT2D eigenvalue weighted by atomic mass is 16.6. The van der Waals surface area contributed by atoms with Crippen LogP contribution in [0.1, 0.15) is 96.8 Å². The average Bonchev–Trinajstić information content (AvgIpc) is 2.95. The molecule has 7 nitrogen and oxygen atoms in total. The van der Waals surface area contributed by atoms with Gasteiger partial charge in [0.2, 0.25) is 5.91 Å².